The summed E-state index contributed by atoms with van der Waals surface area (Å²) < 4.78 is 51.3. The Morgan fingerprint density at radius 1 is 1.30 bits per heavy atom. The highest BCUT2D eigenvalue weighted by Crippen LogP contribution is 2.32. The molecule has 1 N–H and O–H groups in total. The summed E-state index contributed by atoms with van der Waals surface area (Å²) in [6.45, 7) is 4.99. The first-order valence-corrected chi connectivity index (χ1v) is 6.72. The van der Waals surface area contributed by atoms with Crippen molar-refractivity contribution in [3.63, 3.8) is 0 Å². The molecular formula is C14H18F4N2. The minimum Gasteiger partial charge on any atom is -0.314 e. The third-order valence-corrected chi connectivity index (χ3v) is 3.51. The van der Waals surface area contributed by atoms with Gasteiger partial charge in [-0.1, -0.05) is 13.0 Å². The van der Waals surface area contributed by atoms with Gasteiger partial charge in [0.15, 0.2) is 0 Å². The summed E-state index contributed by atoms with van der Waals surface area (Å²) in [6.07, 6.45) is -3.71. The van der Waals surface area contributed by atoms with Crippen molar-refractivity contribution in [2.24, 2.45) is 0 Å². The zero-order valence-electron chi connectivity index (χ0n) is 11.3. The molecule has 1 saturated heterocycles. The maximum atomic E-state index is 13.2. The van der Waals surface area contributed by atoms with E-state index in [-0.39, 0.29) is 0 Å². The molecule has 0 radical (unpaired) electrons. The lowest BCUT2D eigenvalue weighted by Gasteiger charge is -2.38. The first-order chi connectivity index (χ1) is 9.41. The average molecular weight is 290 g/mol. The average Bonchev–Trinajstić information content (AvgIpc) is 2.28. The number of alkyl halides is 3. The number of hydrogen-bond donors (Lipinski definition) is 1. The van der Waals surface area contributed by atoms with Gasteiger partial charge < -0.3 is 5.32 Å². The molecule has 0 aliphatic carbocycles. The smallest absolute Gasteiger partial charge is 0.314 e. The lowest BCUT2D eigenvalue weighted by atomic mass is 10.1. The van der Waals surface area contributed by atoms with Crippen molar-refractivity contribution in [2.75, 3.05) is 19.6 Å². The number of nitrogens with zero attached hydrogens (tertiary/aromatic N) is 1. The van der Waals surface area contributed by atoms with Crippen LogP contribution >= 0.6 is 0 Å². The van der Waals surface area contributed by atoms with Crippen molar-refractivity contribution in [2.45, 2.75) is 32.1 Å². The summed E-state index contributed by atoms with van der Waals surface area (Å²) in [4.78, 5) is 2.14. The zero-order valence-corrected chi connectivity index (χ0v) is 11.3. The van der Waals surface area contributed by atoms with Crippen LogP contribution in [0.5, 0.6) is 0 Å². The number of rotatable bonds is 5. The van der Waals surface area contributed by atoms with Gasteiger partial charge in [-0.05, 0) is 30.7 Å². The molecule has 2 nitrogen and oxygen atoms in total. The Balaban J connectivity index is 2.15. The monoisotopic (exact) mass is 290 g/mol. The third-order valence-electron chi connectivity index (χ3n) is 3.51. The van der Waals surface area contributed by atoms with Crippen LogP contribution in [0.4, 0.5) is 17.6 Å². The summed E-state index contributed by atoms with van der Waals surface area (Å²) >= 11 is 0. The van der Waals surface area contributed by atoms with Crippen LogP contribution in [-0.4, -0.2) is 30.6 Å². The Hall–Kier alpha value is -1.14. The minimum atomic E-state index is -4.65. The molecule has 20 heavy (non-hydrogen) atoms. The van der Waals surface area contributed by atoms with Gasteiger partial charge >= 0.3 is 6.18 Å². The Morgan fingerprint density at radius 3 is 2.50 bits per heavy atom. The van der Waals surface area contributed by atoms with Crippen molar-refractivity contribution in [3.8, 4) is 0 Å². The van der Waals surface area contributed by atoms with E-state index in [1.165, 1.54) is 6.07 Å². The van der Waals surface area contributed by atoms with Gasteiger partial charge in [0.2, 0.25) is 0 Å². The van der Waals surface area contributed by atoms with Crippen LogP contribution < -0.4 is 5.32 Å². The summed E-state index contributed by atoms with van der Waals surface area (Å²) in [7, 11) is 0. The molecule has 0 aromatic heterocycles. The lowest BCUT2D eigenvalue weighted by molar-refractivity contribution is -0.140. The second kappa shape index (κ2) is 6.10. The first-order valence-electron chi connectivity index (χ1n) is 6.72. The second-order valence-corrected chi connectivity index (χ2v) is 5.09. The fraction of sp³-hybridized carbons (Fsp3) is 0.571. The Kier molecular flexibility index (Phi) is 4.65. The molecule has 0 bridgehead atoms. The third kappa shape index (κ3) is 3.49. The van der Waals surface area contributed by atoms with E-state index in [1.807, 2.05) is 6.92 Å². The molecule has 1 aromatic carbocycles. The largest absolute Gasteiger partial charge is 0.419 e. The van der Waals surface area contributed by atoms with Gasteiger partial charge in [-0.3, -0.25) is 4.90 Å². The highest BCUT2D eigenvalue weighted by Gasteiger charge is 2.34. The predicted molar refractivity (Wildman–Crippen MR) is 68.8 cm³/mol. The van der Waals surface area contributed by atoms with E-state index < -0.39 is 17.6 Å². The van der Waals surface area contributed by atoms with Gasteiger partial charge in [0.1, 0.15) is 5.82 Å². The van der Waals surface area contributed by atoms with Gasteiger partial charge in [-0.15, -0.1) is 0 Å². The van der Waals surface area contributed by atoms with Crippen molar-refractivity contribution in [1.29, 1.82) is 0 Å². The molecule has 2 rings (SSSR count). The molecule has 1 heterocycles. The van der Waals surface area contributed by atoms with E-state index in [0.29, 0.717) is 18.2 Å². The molecule has 0 spiro atoms. The van der Waals surface area contributed by atoms with Crippen LogP contribution in [0, 0.1) is 5.82 Å². The number of hydrogen-bond acceptors (Lipinski definition) is 2. The Bertz CT molecular complexity index is 455. The molecule has 0 amide bonds. The molecule has 0 unspecified atom stereocenters. The highest BCUT2D eigenvalue weighted by molar-refractivity contribution is 5.27. The van der Waals surface area contributed by atoms with E-state index in [0.717, 1.165) is 38.2 Å². The lowest BCUT2D eigenvalue weighted by Crippen LogP contribution is -2.56. The van der Waals surface area contributed by atoms with Crippen molar-refractivity contribution >= 4 is 0 Å². The summed E-state index contributed by atoms with van der Waals surface area (Å²) in [5.41, 5.74) is -0.683. The molecule has 1 fully saturated rings. The minimum absolute atomic E-state index is 0.356. The number of nitrogens with one attached hydrogen (secondary N) is 1. The molecule has 6 heteroatoms. The van der Waals surface area contributed by atoms with E-state index in [2.05, 4.69) is 10.2 Å². The van der Waals surface area contributed by atoms with Crippen LogP contribution in [0.15, 0.2) is 18.2 Å². The Morgan fingerprint density at radius 2 is 2.00 bits per heavy atom. The number of benzene rings is 1. The molecule has 1 aliphatic heterocycles. The Labute approximate surface area is 115 Å². The van der Waals surface area contributed by atoms with Crippen LogP contribution in [0.2, 0.25) is 0 Å². The van der Waals surface area contributed by atoms with E-state index in [4.69, 9.17) is 0 Å². The maximum absolute atomic E-state index is 13.2. The van der Waals surface area contributed by atoms with Crippen molar-refractivity contribution in [1.82, 2.24) is 10.2 Å². The van der Waals surface area contributed by atoms with Gasteiger partial charge in [-0.25, -0.2) is 4.39 Å². The van der Waals surface area contributed by atoms with E-state index >= 15 is 0 Å². The van der Waals surface area contributed by atoms with Gasteiger partial charge in [0.05, 0.1) is 5.56 Å². The SMILES string of the molecule is CCCN(Cc1ccc(F)c(C(F)(F)F)c1)C1CNC1. The molecular weight excluding hydrogens is 272 g/mol. The fourth-order valence-electron chi connectivity index (χ4n) is 2.33. The zero-order chi connectivity index (χ0) is 14.8. The van der Waals surface area contributed by atoms with Crippen LogP contribution in [0.25, 0.3) is 0 Å². The molecule has 0 saturated carbocycles. The topological polar surface area (TPSA) is 15.3 Å². The van der Waals surface area contributed by atoms with Crippen LogP contribution in [-0.2, 0) is 12.7 Å². The summed E-state index contributed by atoms with van der Waals surface area (Å²) in [6, 6.07) is 3.61. The quantitative estimate of drug-likeness (QED) is 0.839. The fourth-order valence-corrected chi connectivity index (χ4v) is 2.33. The molecule has 0 atom stereocenters. The van der Waals surface area contributed by atoms with Gasteiger partial charge in [-0.2, -0.15) is 13.2 Å². The summed E-state index contributed by atoms with van der Waals surface area (Å²) in [5.74, 6) is -1.21. The maximum Gasteiger partial charge on any atom is 0.419 e. The van der Waals surface area contributed by atoms with Crippen LogP contribution in [0.3, 0.4) is 0 Å². The van der Waals surface area contributed by atoms with Crippen molar-refractivity contribution in [3.05, 3.63) is 35.1 Å². The van der Waals surface area contributed by atoms with Crippen molar-refractivity contribution < 1.29 is 17.6 Å². The predicted octanol–water partition coefficient (Wildman–Crippen LogP) is 3.03. The van der Waals surface area contributed by atoms with Crippen LogP contribution in [0.1, 0.15) is 24.5 Å². The standard InChI is InChI=1S/C14H18F4N2/c1-2-5-20(11-7-19-8-11)9-10-3-4-13(15)12(6-10)14(16,17)18/h3-4,6,11,19H,2,5,7-9H2,1H3. The normalized spacial score (nSPS) is 16.5. The molecule has 1 aliphatic rings. The highest BCUT2D eigenvalue weighted by atomic mass is 19.4. The molecule has 112 valence electrons. The number of halogens is 4. The second-order valence-electron chi connectivity index (χ2n) is 5.09. The van der Waals surface area contributed by atoms with Gasteiger partial charge in [0, 0.05) is 25.7 Å². The van der Waals surface area contributed by atoms with E-state index in [9.17, 15) is 17.6 Å². The van der Waals surface area contributed by atoms with E-state index in [1.54, 1.807) is 0 Å². The first kappa shape index (κ1) is 15.3. The molecule has 1 aromatic rings. The van der Waals surface area contributed by atoms with Gasteiger partial charge in [0.25, 0.3) is 0 Å². The summed E-state index contributed by atoms with van der Waals surface area (Å²) in [5, 5.41) is 3.15.